The number of benzene rings is 4. The maximum Gasteiger partial charge on any atom is 0.264 e. The van der Waals surface area contributed by atoms with E-state index < -0.39 is 28.5 Å². The van der Waals surface area contributed by atoms with Crippen molar-refractivity contribution in [3.8, 4) is 0 Å². The van der Waals surface area contributed by atoms with Crippen molar-refractivity contribution in [2.45, 2.75) is 69.5 Å². The van der Waals surface area contributed by atoms with Crippen LogP contribution < -0.4 is 9.62 Å². The highest BCUT2D eigenvalue weighted by Crippen LogP contribution is 2.30. The third-order valence-electron chi connectivity index (χ3n) is 8.48. The van der Waals surface area contributed by atoms with Crippen LogP contribution in [-0.4, -0.2) is 43.8 Å². The topological polar surface area (TPSA) is 86.8 Å². The van der Waals surface area contributed by atoms with Crippen LogP contribution in [0.15, 0.2) is 108 Å². The maximum atomic E-state index is 14.6. The summed E-state index contributed by atoms with van der Waals surface area (Å²) < 4.78 is 29.7. The van der Waals surface area contributed by atoms with Gasteiger partial charge in [0.1, 0.15) is 12.6 Å². The van der Waals surface area contributed by atoms with Gasteiger partial charge in [-0.25, -0.2) is 8.42 Å². The lowest BCUT2D eigenvalue weighted by Crippen LogP contribution is -2.54. The molecule has 46 heavy (non-hydrogen) atoms. The van der Waals surface area contributed by atoms with Gasteiger partial charge in [0.15, 0.2) is 0 Å². The molecule has 0 aromatic heterocycles. The molecule has 1 saturated carbocycles. The van der Waals surface area contributed by atoms with Gasteiger partial charge in [0.25, 0.3) is 10.0 Å². The van der Waals surface area contributed by atoms with Gasteiger partial charge in [-0.1, -0.05) is 103 Å². The van der Waals surface area contributed by atoms with Crippen molar-refractivity contribution in [2.75, 3.05) is 10.8 Å². The predicted octanol–water partition coefficient (Wildman–Crippen LogP) is 6.85. The number of hydrogen-bond donors (Lipinski definition) is 1. The van der Waals surface area contributed by atoms with Crippen LogP contribution in [0.5, 0.6) is 0 Å². The highest BCUT2D eigenvalue weighted by Gasteiger charge is 2.36. The Bertz CT molecular complexity index is 1740. The third kappa shape index (κ3) is 8.17. The van der Waals surface area contributed by atoms with Gasteiger partial charge in [0, 0.05) is 24.0 Å². The Morgan fingerprint density at radius 2 is 1.46 bits per heavy atom. The van der Waals surface area contributed by atoms with Crippen molar-refractivity contribution >= 4 is 39.1 Å². The van der Waals surface area contributed by atoms with Crippen molar-refractivity contribution in [1.29, 1.82) is 0 Å². The van der Waals surface area contributed by atoms with Gasteiger partial charge in [-0.3, -0.25) is 13.9 Å². The second kappa shape index (κ2) is 15.0. The molecule has 5 rings (SSSR count). The number of aryl methyl sites for hydroxylation is 2. The van der Waals surface area contributed by atoms with E-state index in [4.69, 9.17) is 11.6 Å². The van der Waals surface area contributed by atoms with Crippen molar-refractivity contribution in [2.24, 2.45) is 0 Å². The Kier molecular flexibility index (Phi) is 10.8. The summed E-state index contributed by atoms with van der Waals surface area (Å²) in [5, 5.41) is 3.66. The number of carbonyl (C=O) groups excluding carboxylic acids is 2. The molecule has 1 aliphatic rings. The van der Waals surface area contributed by atoms with Gasteiger partial charge in [0.05, 0.1) is 10.6 Å². The van der Waals surface area contributed by atoms with Crippen LogP contribution in [-0.2, 0) is 32.6 Å². The van der Waals surface area contributed by atoms with Crippen molar-refractivity contribution in [1.82, 2.24) is 10.2 Å². The molecule has 4 aromatic carbocycles. The van der Waals surface area contributed by atoms with Gasteiger partial charge >= 0.3 is 0 Å². The summed E-state index contributed by atoms with van der Waals surface area (Å²) >= 11 is 6.25. The normalized spacial score (nSPS) is 14.1. The average Bonchev–Trinajstić information content (AvgIpc) is 3.56. The summed E-state index contributed by atoms with van der Waals surface area (Å²) in [5.41, 5.74) is 3.59. The summed E-state index contributed by atoms with van der Waals surface area (Å²) in [4.78, 5) is 30.3. The first-order chi connectivity index (χ1) is 22.1. The van der Waals surface area contributed by atoms with Crippen LogP contribution in [0.4, 0.5) is 5.69 Å². The SMILES string of the molecule is Cc1ccc(S(=O)(=O)N(CC(=O)N(Cc2ccccc2)[C@@H](Cc2ccccc2)C(=O)NC2CCCC2)c2ccc(Cl)cc2C)cc1. The van der Waals surface area contributed by atoms with Crippen LogP contribution in [0.3, 0.4) is 0 Å². The summed E-state index contributed by atoms with van der Waals surface area (Å²) in [6.45, 7) is 3.27. The van der Waals surface area contributed by atoms with Gasteiger partial charge in [-0.05, 0) is 73.7 Å². The largest absolute Gasteiger partial charge is 0.352 e. The molecule has 1 aliphatic carbocycles. The summed E-state index contributed by atoms with van der Waals surface area (Å²) in [7, 11) is -4.19. The second-order valence-electron chi connectivity index (χ2n) is 12.0. The van der Waals surface area contributed by atoms with E-state index in [1.54, 1.807) is 49.4 Å². The number of amides is 2. The number of hydrogen-bond acceptors (Lipinski definition) is 4. The number of sulfonamides is 1. The Morgan fingerprint density at radius 1 is 0.848 bits per heavy atom. The van der Waals surface area contributed by atoms with E-state index in [0.717, 1.165) is 46.7 Å². The fraction of sp³-hybridized carbons (Fsp3) is 0.297. The molecule has 0 bridgehead atoms. The lowest BCUT2D eigenvalue weighted by Gasteiger charge is -2.34. The number of halogens is 1. The predicted molar refractivity (Wildman–Crippen MR) is 183 cm³/mol. The molecular formula is C37H40ClN3O4S. The third-order valence-corrected chi connectivity index (χ3v) is 10.5. The maximum absolute atomic E-state index is 14.6. The summed E-state index contributed by atoms with van der Waals surface area (Å²) in [6.07, 6.45) is 4.17. The standard InChI is InChI=1S/C37H40ClN3O4S/c1-27-17-20-33(21-18-27)46(44,45)41(34-22-19-31(38)23-28(34)2)26-36(42)40(25-30-13-7-4-8-14-30)35(24-29-11-5-3-6-12-29)37(43)39-32-15-9-10-16-32/h3-8,11-14,17-23,32,35H,9-10,15-16,24-26H2,1-2H3,(H,39,43)/t35-/m0/s1. The van der Waals surface area contributed by atoms with Gasteiger partial charge < -0.3 is 10.2 Å². The first-order valence-electron chi connectivity index (χ1n) is 15.6. The van der Waals surface area contributed by atoms with Gasteiger partial charge in [0.2, 0.25) is 11.8 Å². The molecule has 1 N–H and O–H groups in total. The first-order valence-corrected chi connectivity index (χ1v) is 17.5. The van der Waals surface area contributed by atoms with E-state index >= 15 is 0 Å². The van der Waals surface area contributed by atoms with Crippen LogP contribution in [0.1, 0.15) is 47.9 Å². The van der Waals surface area contributed by atoms with E-state index in [1.165, 1.54) is 4.90 Å². The quantitative estimate of drug-likeness (QED) is 0.181. The number of rotatable bonds is 12. The van der Waals surface area contributed by atoms with Crippen LogP contribution >= 0.6 is 11.6 Å². The molecule has 0 aliphatic heterocycles. The fourth-order valence-corrected chi connectivity index (χ4v) is 7.66. The lowest BCUT2D eigenvalue weighted by atomic mass is 10.0. The number of nitrogens with zero attached hydrogens (tertiary/aromatic N) is 2. The Balaban J connectivity index is 1.57. The van der Waals surface area contributed by atoms with Gasteiger partial charge in [-0.2, -0.15) is 0 Å². The molecule has 240 valence electrons. The number of carbonyl (C=O) groups is 2. The molecule has 9 heteroatoms. The molecule has 0 spiro atoms. The fourth-order valence-electron chi connectivity index (χ4n) is 5.95. The molecule has 0 saturated heterocycles. The average molecular weight is 658 g/mol. The van der Waals surface area contributed by atoms with Crippen molar-refractivity contribution in [3.05, 3.63) is 130 Å². The minimum Gasteiger partial charge on any atom is -0.352 e. The van der Waals surface area contributed by atoms with Crippen molar-refractivity contribution < 1.29 is 18.0 Å². The van der Waals surface area contributed by atoms with E-state index in [1.807, 2.05) is 67.6 Å². The molecule has 1 atom stereocenters. The lowest BCUT2D eigenvalue weighted by molar-refractivity contribution is -0.140. The molecule has 0 unspecified atom stereocenters. The molecule has 0 heterocycles. The zero-order chi connectivity index (χ0) is 32.7. The van der Waals surface area contributed by atoms with E-state index in [9.17, 15) is 18.0 Å². The molecule has 7 nitrogen and oxygen atoms in total. The highest BCUT2D eigenvalue weighted by atomic mass is 35.5. The van der Waals surface area contributed by atoms with Crippen molar-refractivity contribution in [3.63, 3.8) is 0 Å². The number of anilines is 1. The van der Waals surface area contributed by atoms with Gasteiger partial charge in [-0.15, -0.1) is 0 Å². The summed E-state index contributed by atoms with van der Waals surface area (Å²) in [5.74, 6) is -0.730. The smallest absolute Gasteiger partial charge is 0.264 e. The monoisotopic (exact) mass is 657 g/mol. The van der Waals surface area contributed by atoms with Crippen LogP contribution in [0.25, 0.3) is 0 Å². The molecule has 0 radical (unpaired) electrons. The van der Waals surface area contributed by atoms with Crippen LogP contribution in [0.2, 0.25) is 5.02 Å². The molecular weight excluding hydrogens is 618 g/mol. The zero-order valence-corrected chi connectivity index (χ0v) is 27.8. The Labute approximate surface area is 277 Å². The Hall–Kier alpha value is -4.14. The minimum absolute atomic E-state index is 0.0505. The van der Waals surface area contributed by atoms with E-state index in [-0.39, 0.29) is 29.8 Å². The summed E-state index contributed by atoms with van der Waals surface area (Å²) in [6, 6.07) is 29.7. The highest BCUT2D eigenvalue weighted by molar-refractivity contribution is 7.92. The molecule has 4 aromatic rings. The van der Waals surface area contributed by atoms with E-state index in [0.29, 0.717) is 16.3 Å². The molecule has 2 amide bonds. The van der Waals surface area contributed by atoms with E-state index in [2.05, 4.69) is 5.32 Å². The number of nitrogens with one attached hydrogen (secondary N) is 1. The Morgan fingerprint density at radius 3 is 2.07 bits per heavy atom. The first kappa shape index (κ1) is 33.2. The second-order valence-corrected chi connectivity index (χ2v) is 14.3. The molecule has 1 fully saturated rings. The zero-order valence-electron chi connectivity index (χ0n) is 26.2. The minimum atomic E-state index is -4.19. The van der Waals surface area contributed by atoms with Crippen LogP contribution in [0, 0.1) is 13.8 Å².